The molecule has 1 fully saturated rings. The summed E-state index contributed by atoms with van der Waals surface area (Å²) in [6.07, 6.45) is 4.71. The van der Waals surface area contributed by atoms with E-state index in [1.54, 1.807) is 0 Å². The number of piperidine rings is 1. The third kappa shape index (κ3) is 2.55. The van der Waals surface area contributed by atoms with Crippen molar-refractivity contribution in [3.05, 3.63) is 34.9 Å². The molecular weight excluding hydrogens is 264 g/mol. The summed E-state index contributed by atoms with van der Waals surface area (Å²) in [5.41, 5.74) is 7.99. The largest absolute Gasteiger partial charge is 0.369 e. The SMILES string of the molecule is CC1(C(N)=O)Cc2ccc(C(=O)N3CCCCC3)cc2C1. The predicted molar refractivity (Wildman–Crippen MR) is 80.9 cm³/mol. The molecule has 1 heterocycles. The maximum absolute atomic E-state index is 12.5. The van der Waals surface area contributed by atoms with Gasteiger partial charge in [0, 0.05) is 18.7 Å². The molecule has 4 heteroatoms. The van der Waals surface area contributed by atoms with Gasteiger partial charge in [0.15, 0.2) is 0 Å². The van der Waals surface area contributed by atoms with Crippen LogP contribution in [-0.2, 0) is 17.6 Å². The monoisotopic (exact) mass is 286 g/mol. The molecule has 0 bridgehead atoms. The normalized spacial score (nSPS) is 24.7. The third-order valence-electron chi connectivity index (χ3n) is 4.85. The van der Waals surface area contributed by atoms with Crippen molar-refractivity contribution in [3.63, 3.8) is 0 Å². The van der Waals surface area contributed by atoms with Crippen molar-refractivity contribution in [3.8, 4) is 0 Å². The number of likely N-dealkylation sites (tertiary alicyclic amines) is 1. The number of hydrogen-bond acceptors (Lipinski definition) is 2. The lowest BCUT2D eigenvalue weighted by Gasteiger charge is -2.26. The Kier molecular flexibility index (Phi) is 3.47. The minimum Gasteiger partial charge on any atom is -0.369 e. The third-order valence-corrected chi connectivity index (χ3v) is 4.85. The summed E-state index contributed by atoms with van der Waals surface area (Å²) >= 11 is 0. The van der Waals surface area contributed by atoms with Gasteiger partial charge in [0.2, 0.25) is 5.91 Å². The van der Waals surface area contributed by atoms with Crippen LogP contribution in [0.4, 0.5) is 0 Å². The molecule has 1 aromatic carbocycles. The highest BCUT2D eigenvalue weighted by molar-refractivity contribution is 5.94. The van der Waals surface area contributed by atoms with Crippen LogP contribution < -0.4 is 5.73 Å². The highest BCUT2D eigenvalue weighted by Crippen LogP contribution is 2.37. The Labute approximate surface area is 125 Å². The molecule has 1 saturated heterocycles. The fraction of sp³-hybridized carbons (Fsp3) is 0.529. The van der Waals surface area contributed by atoms with Crippen LogP contribution in [0.1, 0.15) is 47.7 Å². The van der Waals surface area contributed by atoms with Gasteiger partial charge < -0.3 is 10.6 Å². The summed E-state index contributed by atoms with van der Waals surface area (Å²) < 4.78 is 0. The lowest BCUT2D eigenvalue weighted by atomic mass is 9.86. The molecule has 1 aliphatic carbocycles. The van der Waals surface area contributed by atoms with Crippen molar-refractivity contribution < 1.29 is 9.59 Å². The Morgan fingerprint density at radius 2 is 1.76 bits per heavy atom. The number of rotatable bonds is 2. The van der Waals surface area contributed by atoms with Crippen LogP contribution in [0.15, 0.2) is 18.2 Å². The van der Waals surface area contributed by atoms with Crippen LogP contribution >= 0.6 is 0 Å². The smallest absolute Gasteiger partial charge is 0.253 e. The average Bonchev–Trinajstić information content (AvgIpc) is 2.84. The van der Waals surface area contributed by atoms with Gasteiger partial charge in [0.05, 0.1) is 5.41 Å². The maximum Gasteiger partial charge on any atom is 0.253 e. The summed E-state index contributed by atoms with van der Waals surface area (Å²) in [5.74, 6) is -0.146. The molecule has 3 rings (SSSR count). The summed E-state index contributed by atoms with van der Waals surface area (Å²) in [4.78, 5) is 26.1. The van der Waals surface area contributed by atoms with Crippen LogP contribution in [0.3, 0.4) is 0 Å². The van der Waals surface area contributed by atoms with E-state index in [4.69, 9.17) is 5.73 Å². The predicted octanol–water partition coefficient (Wildman–Crippen LogP) is 1.90. The second-order valence-electron chi connectivity index (χ2n) is 6.61. The summed E-state index contributed by atoms with van der Waals surface area (Å²) in [7, 11) is 0. The first kappa shape index (κ1) is 14.1. The Balaban J connectivity index is 1.82. The molecular formula is C17H22N2O2. The van der Waals surface area contributed by atoms with Crippen molar-refractivity contribution >= 4 is 11.8 Å². The molecule has 0 radical (unpaired) electrons. The summed E-state index contributed by atoms with van der Waals surface area (Å²) in [6, 6.07) is 5.84. The van der Waals surface area contributed by atoms with Crippen LogP contribution in [-0.4, -0.2) is 29.8 Å². The molecule has 0 spiro atoms. The van der Waals surface area contributed by atoms with E-state index in [0.29, 0.717) is 12.8 Å². The van der Waals surface area contributed by atoms with E-state index in [-0.39, 0.29) is 11.8 Å². The van der Waals surface area contributed by atoms with Gasteiger partial charge in [-0.25, -0.2) is 0 Å². The second-order valence-corrected chi connectivity index (χ2v) is 6.61. The number of carbonyl (C=O) groups excluding carboxylic acids is 2. The number of benzene rings is 1. The highest BCUT2D eigenvalue weighted by atomic mass is 16.2. The summed E-state index contributed by atoms with van der Waals surface area (Å²) in [5, 5.41) is 0. The number of primary amides is 1. The van der Waals surface area contributed by atoms with Gasteiger partial charge in [-0.3, -0.25) is 9.59 Å². The second kappa shape index (κ2) is 5.17. The number of carbonyl (C=O) groups is 2. The van der Waals surface area contributed by atoms with Gasteiger partial charge in [-0.1, -0.05) is 13.0 Å². The van der Waals surface area contributed by atoms with Crippen molar-refractivity contribution in [1.29, 1.82) is 0 Å². The first-order chi connectivity index (χ1) is 9.99. The average molecular weight is 286 g/mol. The standard InChI is InChI=1S/C17H22N2O2/c1-17(16(18)21)10-13-6-5-12(9-14(13)11-17)15(20)19-7-3-2-4-8-19/h5-6,9H,2-4,7-8,10-11H2,1H3,(H2,18,21). The van der Waals surface area contributed by atoms with E-state index in [9.17, 15) is 9.59 Å². The molecule has 1 aliphatic heterocycles. The van der Waals surface area contributed by atoms with Crippen molar-refractivity contribution in [1.82, 2.24) is 4.90 Å². The van der Waals surface area contributed by atoms with Crippen LogP contribution in [0, 0.1) is 5.41 Å². The minimum absolute atomic E-state index is 0.116. The first-order valence-corrected chi connectivity index (χ1v) is 7.71. The fourth-order valence-electron chi connectivity index (χ4n) is 3.45. The van der Waals surface area contributed by atoms with E-state index >= 15 is 0 Å². The lowest BCUT2D eigenvalue weighted by Crippen LogP contribution is -2.35. The van der Waals surface area contributed by atoms with Crippen molar-refractivity contribution in [2.75, 3.05) is 13.1 Å². The highest BCUT2D eigenvalue weighted by Gasteiger charge is 2.38. The van der Waals surface area contributed by atoms with Crippen LogP contribution in [0.5, 0.6) is 0 Å². The molecule has 2 aliphatic rings. The number of nitrogens with zero attached hydrogens (tertiary/aromatic N) is 1. The molecule has 1 aromatic rings. The molecule has 112 valence electrons. The molecule has 1 atom stereocenters. The van der Waals surface area contributed by atoms with Gasteiger partial charge >= 0.3 is 0 Å². The van der Waals surface area contributed by atoms with E-state index in [1.807, 2.05) is 30.0 Å². The number of nitrogens with two attached hydrogens (primary N) is 1. The van der Waals surface area contributed by atoms with Crippen LogP contribution in [0.2, 0.25) is 0 Å². The Hall–Kier alpha value is -1.84. The number of fused-ring (bicyclic) bond motifs is 1. The zero-order valence-corrected chi connectivity index (χ0v) is 12.5. The molecule has 2 N–H and O–H groups in total. The topological polar surface area (TPSA) is 63.4 Å². The van der Waals surface area contributed by atoms with Crippen molar-refractivity contribution in [2.24, 2.45) is 11.1 Å². The Morgan fingerprint density at radius 3 is 2.43 bits per heavy atom. The van der Waals surface area contributed by atoms with E-state index in [0.717, 1.165) is 42.6 Å². The number of amides is 2. The van der Waals surface area contributed by atoms with Gasteiger partial charge in [0.1, 0.15) is 0 Å². The number of hydrogen-bond donors (Lipinski definition) is 1. The Bertz CT molecular complexity index is 590. The molecule has 2 amide bonds. The molecule has 21 heavy (non-hydrogen) atoms. The van der Waals surface area contributed by atoms with Gasteiger partial charge in [-0.2, -0.15) is 0 Å². The van der Waals surface area contributed by atoms with Crippen molar-refractivity contribution in [2.45, 2.75) is 39.0 Å². The maximum atomic E-state index is 12.5. The molecule has 1 unspecified atom stereocenters. The zero-order valence-electron chi connectivity index (χ0n) is 12.5. The summed E-state index contributed by atoms with van der Waals surface area (Å²) in [6.45, 7) is 3.62. The van der Waals surface area contributed by atoms with Gasteiger partial charge in [0.25, 0.3) is 5.91 Å². The van der Waals surface area contributed by atoms with E-state index in [1.165, 1.54) is 6.42 Å². The van der Waals surface area contributed by atoms with E-state index in [2.05, 4.69) is 0 Å². The van der Waals surface area contributed by atoms with Gasteiger partial charge in [-0.15, -0.1) is 0 Å². The molecule has 4 nitrogen and oxygen atoms in total. The van der Waals surface area contributed by atoms with Crippen LogP contribution in [0.25, 0.3) is 0 Å². The molecule has 0 aromatic heterocycles. The molecule has 0 saturated carbocycles. The minimum atomic E-state index is -0.505. The lowest BCUT2D eigenvalue weighted by molar-refractivity contribution is -0.126. The Morgan fingerprint density at radius 1 is 1.10 bits per heavy atom. The van der Waals surface area contributed by atoms with E-state index < -0.39 is 5.41 Å². The fourth-order valence-corrected chi connectivity index (χ4v) is 3.45. The van der Waals surface area contributed by atoms with Gasteiger partial charge in [-0.05, 0) is 55.4 Å². The zero-order chi connectivity index (χ0) is 15.0. The first-order valence-electron chi connectivity index (χ1n) is 7.71. The quantitative estimate of drug-likeness (QED) is 0.902.